The van der Waals surface area contributed by atoms with Crippen molar-refractivity contribution in [2.45, 2.75) is 48.3 Å². The zero-order chi connectivity index (χ0) is 45.3. The number of rotatable bonds is 8. The minimum atomic E-state index is -9.68. The lowest BCUT2D eigenvalue weighted by Gasteiger charge is -2.40. The van der Waals surface area contributed by atoms with Gasteiger partial charge in [0.15, 0.2) is 0 Å². The van der Waals surface area contributed by atoms with E-state index in [4.69, 9.17) is 23.2 Å². The van der Waals surface area contributed by atoms with Gasteiger partial charge in [-0.2, -0.15) is 0 Å². The van der Waals surface area contributed by atoms with Crippen LogP contribution in [0.3, 0.4) is 0 Å². The molecule has 2 saturated heterocycles. The van der Waals surface area contributed by atoms with E-state index >= 15 is 0 Å². The van der Waals surface area contributed by atoms with E-state index in [0.29, 0.717) is 111 Å². The van der Waals surface area contributed by atoms with Gasteiger partial charge in [-0.15, -0.1) is 0 Å². The maximum absolute atomic E-state index is 12.9. The lowest BCUT2D eigenvalue weighted by atomic mass is 10.1. The standard InChI is InChI=1S/2C21H22ClF5N2OS/c2*1-14-2-5-16(22)12-20(14)28-8-10-29(11-9-28)21(30)19-13-18(19)15-3-6-17(7-4-15)31(23,24,25,26)27/h2*2-7,12,18-19H,8-11,13H2,1H3/t2*18-,19-/m10/s1. The van der Waals surface area contributed by atoms with Crippen molar-refractivity contribution >= 4 is 66.8 Å². The molecule has 0 bridgehead atoms. The molecule has 2 saturated carbocycles. The molecule has 62 heavy (non-hydrogen) atoms. The maximum atomic E-state index is 12.9. The maximum Gasteiger partial charge on any atom is 0.310 e. The van der Waals surface area contributed by atoms with Gasteiger partial charge in [0.05, 0.1) is 0 Å². The SMILES string of the molecule is Cc1ccc(Cl)cc1N1CCN(C(=O)[C@@H]2C[C@@H]2c2ccc(S(F)(F)(F)(F)F)cc2)CC1.Cc1ccc(Cl)cc1N1CCN(C(=O)[C@H]2C[C@H]2c2ccc(S(F)(F)(F)(F)F)cc2)CC1. The Morgan fingerprint density at radius 3 is 1.08 bits per heavy atom. The van der Waals surface area contributed by atoms with E-state index in [2.05, 4.69) is 9.80 Å². The molecule has 20 heteroatoms. The Hall–Kier alpha value is -4.00. The molecule has 340 valence electrons. The van der Waals surface area contributed by atoms with Crippen molar-refractivity contribution in [2.75, 3.05) is 62.2 Å². The first-order valence-electron chi connectivity index (χ1n) is 19.7. The Morgan fingerprint density at radius 1 is 0.484 bits per heavy atom. The summed E-state index contributed by atoms with van der Waals surface area (Å²) in [5, 5.41) is 1.30. The van der Waals surface area contributed by atoms with Crippen molar-refractivity contribution in [1.82, 2.24) is 9.80 Å². The quantitative estimate of drug-likeness (QED) is 0.165. The zero-order valence-corrected chi connectivity index (χ0v) is 36.6. The van der Waals surface area contributed by atoms with Crippen molar-refractivity contribution in [1.29, 1.82) is 0 Å². The Bertz CT molecular complexity index is 2210. The number of carbonyl (C=O) groups excluding carboxylic acids is 2. The van der Waals surface area contributed by atoms with Crippen molar-refractivity contribution in [3.63, 3.8) is 0 Å². The first-order valence-corrected chi connectivity index (χ1v) is 24.4. The number of amides is 2. The Balaban J connectivity index is 0.000000186. The highest BCUT2D eigenvalue weighted by Gasteiger charge is 2.66. The van der Waals surface area contributed by atoms with Crippen LogP contribution in [0.2, 0.25) is 10.0 Å². The van der Waals surface area contributed by atoms with Gasteiger partial charge < -0.3 is 19.6 Å². The van der Waals surface area contributed by atoms with Crippen LogP contribution in [0.15, 0.2) is 94.7 Å². The molecule has 2 heterocycles. The molecule has 4 atom stereocenters. The summed E-state index contributed by atoms with van der Waals surface area (Å²) in [7, 11) is -19.4. The molecule has 2 aliphatic heterocycles. The zero-order valence-electron chi connectivity index (χ0n) is 33.4. The van der Waals surface area contributed by atoms with Gasteiger partial charge in [0.25, 0.3) is 0 Å². The average Bonchev–Trinajstić information content (AvgIpc) is 4.14. The van der Waals surface area contributed by atoms with Crippen molar-refractivity contribution in [2.24, 2.45) is 11.8 Å². The van der Waals surface area contributed by atoms with Crippen LogP contribution in [0.25, 0.3) is 0 Å². The van der Waals surface area contributed by atoms with Crippen LogP contribution < -0.4 is 9.80 Å². The molecular formula is C42H44Cl2F10N4O2S2. The fourth-order valence-electron chi connectivity index (χ4n) is 8.27. The highest BCUT2D eigenvalue weighted by atomic mass is 35.5. The molecule has 4 aromatic carbocycles. The first-order chi connectivity index (χ1) is 28.4. The molecule has 0 radical (unpaired) electrons. The van der Waals surface area contributed by atoms with Gasteiger partial charge in [0, 0.05) is 85.6 Å². The summed E-state index contributed by atoms with van der Waals surface area (Å²) in [6, 6.07) is 17.3. The number of hydrogen-bond acceptors (Lipinski definition) is 4. The number of aryl methyl sites for hydroxylation is 2. The van der Waals surface area contributed by atoms with Crippen LogP contribution in [0, 0.1) is 25.7 Å². The van der Waals surface area contributed by atoms with Gasteiger partial charge in [0.1, 0.15) is 9.79 Å². The predicted octanol–water partition coefficient (Wildman–Crippen LogP) is 13.5. The topological polar surface area (TPSA) is 47.1 Å². The fraction of sp³-hybridized carbons (Fsp3) is 0.381. The first kappa shape index (κ1) is 46.0. The molecule has 6 nitrogen and oxygen atoms in total. The Labute approximate surface area is 363 Å². The van der Waals surface area contributed by atoms with E-state index in [1.807, 2.05) is 50.2 Å². The normalized spacial score (nSPS) is 23.8. The monoisotopic (exact) mass is 960 g/mol. The number of piperazine rings is 2. The minimum Gasteiger partial charge on any atom is -0.368 e. The Morgan fingerprint density at radius 2 is 0.790 bits per heavy atom. The van der Waals surface area contributed by atoms with Gasteiger partial charge in [0.2, 0.25) is 11.8 Å². The van der Waals surface area contributed by atoms with E-state index in [1.54, 1.807) is 9.80 Å². The summed E-state index contributed by atoms with van der Waals surface area (Å²) in [4.78, 5) is 29.7. The summed E-state index contributed by atoms with van der Waals surface area (Å²) in [5.74, 6) is -1.16. The third kappa shape index (κ3) is 10.7. The van der Waals surface area contributed by atoms with Gasteiger partial charge in [-0.05, 0) is 109 Å². The van der Waals surface area contributed by atoms with Crippen LogP contribution >= 0.6 is 43.6 Å². The number of anilines is 2. The third-order valence-electron chi connectivity index (χ3n) is 11.9. The molecule has 2 amide bonds. The second-order valence-corrected chi connectivity index (χ2v) is 22.2. The molecule has 0 spiro atoms. The summed E-state index contributed by atoms with van der Waals surface area (Å²) < 4.78 is 129. The van der Waals surface area contributed by atoms with Crippen LogP contribution in [-0.2, 0) is 9.59 Å². The fourth-order valence-corrected chi connectivity index (χ4v) is 9.90. The summed E-state index contributed by atoms with van der Waals surface area (Å²) in [6.07, 6.45) is 1.03. The van der Waals surface area contributed by atoms with Gasteiger partial charge in [-0.25, -0.2) is 0 Å². The molecule has 8 rings (SSSR count). The van der Waals surface area contributed by atoms with Gasteiger partial charge >= 0.3 is 20.4 Å². The van der Waals surface area contributed by atoms with Gasteiger partial charge in [-0.1, -0.05) is 98.5 Å². The van der Waals surface area contributed by atoms with E-state index < -0.39 is 30.2 Å². The summed E-state index contributed by atoms with van der Waals surface area (Å²) in [6.45, 7) is 8.78. The average molecular weight is 962 g/mol. The van der Waals surface area contributed by atoms with Crippen molar-refractivity contribution in [3.05, 3.63) is 117 Å². The second-order valence-electron chi connectivity index (χ2n) is 16.5. The molecule has 0 aromatic heterocycles. The van der Waals surface area contributed by atoms with E-state index in [-0.39, 0.29) is 35.5 Å². The molecule has 4 aromatic rings. The molecule has 4 fully saturated rings. The third-order valence-corrected chi connectivity index (χ3v) is 14.7. The predicted molar refractivity (Wildman–Crippen MR) is 227 cm³/mol. The van der Waals surface area contributed by atoms with Crippen molar-refractivity contribution < 1.29 is 48.4 Å². The molecular weight excluding hydrogens is 918 g/mol. The minimum absolute atomic E-state index is 0.0377. The highest BCUT2D eigenvalue weighted by molar-refractivity contribution is 8.46. The van der Waals surface area contributed by atoms with E-state index in [0.717, 1.165) is 46.8 Å². The van der Waals surface area contributed by atoms with Crippen LogP contribution in [0.1, 0.15) is 46.9 Å². The van der Waals surface area contributed by atoms with Crippen LogP contribution in [-0.4, -0.2) is 74.0 Å². The lowest BCUT2D eigenvalue weighted by molar-refractivity contribution is -0.133. The number of hydrogen-bond donors (Lipinski definition) is 0. The second kappa shape index (κ2) is 14.8. The number of halogens is 12. The molecule has 4 aliphatic rings. The van der Waals surface area contributed by atoms with Crippen LogP contribution in [0.5, 0.6) is 0 Å². The smallest absolute Gasteiger partial charge is 0.310 e. The van der Waals surface area contributed by atoms with Crippen LogP contribution in [0.4, 0.5) is 50.2 Å². The van der Waals surface area contributed by atoms with Crippen molar-refractivity contribution in [3.8, 4) is 0 Å². The largest absolute Gasteiger partial charge is 0.368 e. The molecule has 0 N–H and O–H groups in total. The number of carbonyl (C=O) groups is 2. The summed E-state index contributed by atoms with van der Waals surface area (Å²) in [5.41, 5.74) is 5.23. The van der Waals surface area contributed by atoms with E-state index in [9.17, 15) is 48.4 Å². The number of nitrogens with zero attached hydrogens (tertiary/aromatic N) is 4. The summed E-state index contributed by atoms with van der Waals surface area (Å²) >= 11 is 12.2. The van der Waals surface area contributed by atoms with Gasteiger partial charge in [-0.3, -0.25) is 9.59 Å². The lowest BCUT2D eigenvalue weighted by Crippen LogP contribution is -2.49. The molecule has 2 aliphatic carbocycles. The highest BCUT2D eigenvalue weighted by Crippen LogP contribution is 3.02. The van der Waals surface area contributed by atoms with E-state index in [1.165, 1.54) is 0 Å². The molecule has 0 unspecified atom stereocenters. The number of benzene rings is 4. The Kier molecular flexibility index (Phi) is 11.0.